The number of nitrogens with zero attached hydrogens (tertiary/aromatic N) is 8. The Labute approximate surface area is 295 Å². The van der Waals surface area contributed by atoms with Crippen molar-refractivity contribution in [3.8, 4) is 23.5 Å². The van der Waals surface area contributed by atoms with Crippen molar-refractivity contribution in [3.63, 3.8) is 0 Å². The second-order valence-electron chi connectivity index (χ2n) is 15.0. The smallest absolute Gasteiger partial charge is 0.255 e. The van der Waals surface area contributed by atoms with E-state index in [0.717, 1.165) is 10.9 Å². The van der Waals surface area contributed by atoms with Crippen LogP contribution >= 0.6 is 11.6 Å². The van der Waals surface area contributed by atoms with Gasteiger partial charge in [-0.3, -0.25) is 19.1 Å². The van der Waals surface area contributed by atoms with Gasteiger partial charge in [0.15, 0.2) is 5.65 Å². The second-order valence-corrected chi connectivity index (χ2v) is 15.5. The highest BCUT2D eigenvalue weighted by Crippen LogP contribution is 2.30. The summed E-state index contributed by atoms with van der Waals surface area (Å²) >= 11 is 6.15. The zero-order valence-corrected chi connectivity index (χ0v) is 30.0. The highest BCUT2D eigenvalue weighted by molar-refractivity contribution is 6.31. The molecule has 15 heteroatoms. The normalized spacial score (nSPS) is 16.4. The van der Waals surface area contributed by atoms with Gasteiger partial charge >= 0.3 is 0 Å². The number of hydrogen-bond donors (Lipinski definition) is 3. The Morgan fingerprint density at radius 1 is 1.00 bits per heavy atom. The molecule has 6 rings (SSSR count). The first-order valence-electron chi connectivity index (χ1n) is 16.3. The monoisotopic (exact) mass is 699 g/mol. The Morgan fingerprint density at radius 3 is 2.16 bits per heavy atom. The Bertz CT molecular complexity index is 2030. The average Bonchev–Trinajstić information content (AvgIpc) is 3.57. The maximum absolute atomic E-state index is 13.4. The van der Waals surface area contributed by atoms with Gasteiger partial charge in [0, 0.05) is 49.8 Å². The van der Waals surface area contributed by atoms with Gasteiger partial charge in [-0.1, -0.05) is 53.1 Å². The first-order valence-corrected chi connectivity index (χ1v) is 16.7. The summed E-state index contributed by atoms with van der Waals surface area (Å²) in [5.41, 5.74) is 8.16. The number of aromatic amines is 1. The molecule has 2 atom stereocenters. The molecule has 0 saturated carbocycles. The second kappa shape index (κ2) is 13.7. The van der Waals surface area contributed by atoms with Crippen molar-refractivity contribution in [2.24, 2.45) is 35.4 Å². The lowest BCUT2D eigenvalue weighted by atomic mass is 9.84. The van der Waals surface area contributed by atoms with Crippen LogP contribution in [0.4, 0.5) is 0 Å². The summed E-state index contributed by atoms with van der Waals surface area (Å²) in [5, 5.41) is 26.6. The van der Waals surface area contributed by atoms with Gasteiger partial charge in [0.05, 0.1) is 47.3 Å². The lowest BCUT2D eigenvalue weighted by Gasteiger charge is -2.41. The molecule has 0 radical (unpaired) electrons. The zero-order valence-electron chi connectivity index (χ0n) is 29.3. The molecular formula is C35H42ClN11O3. The minimum atomic E-state index is -0.768. The Kier molecular flexibility index (Phi) is 9.92. The molecule has 14 nitrogen and oxygen atoms in total. The summed E-state index contributed by atoms with van der Waals surface area (Å²) in [6.45, 7) is 13.3. The van der Waals surface area contributed by atoms with E-state index in [9.17, 15) is 14.4 Å². The Morgan fingerprint density at radius 2 is 1.60 bits per heavy atom. The number of hydrogen-bond acceptors (Lipinski definition) is 9. The summed E-state index contributed by atoms with van der Waals surface area (Å²) in [7, 11) is 1.82. The average molecular weight is 700 g/mol. The van der Waals surface area contributed by atoms with E-state index >= 15 is 0 Å². The maximum Gasteiger partial charge on any atom is 0.255 e. The molecule has 1 aromatic carbocycles. The fraction of sp³-hybridized carbons (Fsp3) is 0.486. The molecule has 2 aliphatic rings. The van der Waals surface area contributed by atoms with Crippen LogP contribution in [-0.4, -0.2) is 90.5 Å². The molecule has 262 valence electrons. The van der Waals surface area contributed by atoms with Gasteiger partial charge < -0.3 is 25.8 Å². The predicted octanol–water partition coefficient (Wildman–Crippen LogP) is 3.63. The van der Waals surface area contributed by atoms with Gasteiger partial charge in [-0.2, -0.15) is 15.6 Å². The third kappa shape index (κ3) is 7.27. The van der Waals surface area contributed by atoms with Crippen LogP contribution in [0.2, 0.25) is 5.02 Å². The van der Waals surface area contributed by atoms with E-state index in [4.69, 9.17) is 32.8 Å². The largest absolute Gasteiger partial charge is 0.344 e. The number of halogens is 1. The number of nitrogens with one attached hydrogen (secondary N) is 2. The standard InChI is InChI=1S/C25H25ClN8O2.C10H17N3O/c1-25(2,3)21(24(36)34-11-13(8-27)12-34)31-23(35)16-9-28-22-20(16)30-17(10-29-22)19-15-6-5-14(26)7-18(15)33(4)32-19;1-10(2,3)8(12)9(14)13-5-7(4-11)6-13/h5-7,9-10,13,21H,11-12H2,1-4H3,(H,28,29)(H,31,35);7-8H,5-6,12H2,1-3H3/t21-;8-/m00/s1. The number of aromatic nitrogens is 5. The number of nitrogens with two attached hydrogens (primary N) is 1. The summed E-state index contributed by atoms with van der Waals surface area (Å²) in [6.07, 6.45) is 3.15. The minimum Gasteiger partial charge on any atom is -0.344 e. The van der Waals surface area contributed by atoms with Gasteiger partial charge in [-0.15, -0.1) is 0 Å². The van der Waals surface area contributed by atoms with E-state index in [1.807, 2.05) is 60.7 Å². The molecule has 0 aliphatic carbocycles. The number of fused-ring (bicyclic) bond motifs is 2. The van der Waals surface area contributed by atoms with Crippen LogP contribution in [0, 0.1) is 45.3 Å². The molecule has 2 aliphatic heterocycles. The van der Waals surface area contributed by atoms with E-state index < -0.39 is 23.4 Å². The molecule has 2 saturated heterocycles. The van der Waals surface area contributed by atoms with Crippen molar-refractivity contribution >= 4 is 51.4 Å². The summed E-state index contributed by atoms with van der Waals surface area (Å²) < 4.78 is 1.72. The van der Waals surface area contributed by atoms with Crippen LogP contribution in [0.5, 0.6) is 0 Å². The maximum atomic E-state index is 13.4. The SMILES string of the molecule is CC(C)(C)[C@@H](N)C(=O)N1CC(C#N)C1.Cn1nc(-c2cnc3[nH]cc(C(=O)N[C@@H](C(=O)N4CC(C#N)C4)C(C)(C)C)c3n2)c2ccc(Cl)cc21. The number of carbonyl (C=O) groups is 3. The highest BCUT2D eigenvalue weighted by atomic mass is 35.5. The predicted molar refractivity (Wildman–Crippen MR) is 188 cm³/mol. The first-order chi connectivity index (χ1) is 23.4. The van der Waals surface area contributed by atoms with E-state index in [0.29, 0.717) is 53.8 Å². The fourth-order valence-corrected chi connectivity index (χ4v) is 5.85. The van der Waals surface area contributed by atoms with Crippen molar-refractivity contribution in [1.29, 1.82) is 10.5 Å². The van der Waals surface area contributed by atoms with Gasteiger partial charge in [-0.05, 0) is 29.0 Å². The lowest BCUT2D eigenvalue weighted by molar-refractivity contribution is -0.141. The molecule has 4 aromatic rings. The van der Waals surface area contributed by atoms with Crippen molar-refractivity contribution in [2.75, 3.05) is 26.2 Å². The van der Waals surface area contributed by atoms with E-state index in [2.05, 4.69) is 32.5 Å². The number of likely N-dealkylation sites (tertiary alicyclic amines) is 2. The summed E-state index contributed by atoms with van der Waals surface area (Å²) in [4.78, 5) is 53.7. The van der Waals surface area contributed by atoms with Crippen LogP contribution in [-0.2, 0) is 16.6 Å². The third-order valence-electron chi connectivity index (χ3n) is 9.02. The highest BCUT2D eigenvalue weighted by Gasteiger charge is 2.41. The first kappa shape index (κ1) is 36.2. The van der Waals surface area contributed by atoms with Crippen LogP contribution in [0.1, 0.15) is 51.9 Å². The number of benzene rings is 1. The van der Waals surface area contributed by atoms with E-state index in [-0.39, 0.29) is 34.6 Å². The minimum absolute atomic E-state index is 0.00567. The molecule has 2 fully saturated rings. The number of rotatable bonds is 5. The fourth-order valence-electron chi connectivity index (χ4n) is 5.69. The molecule has 0 unspecified atom stereocenters. The van der Waals surface area contributed by atoms with Crippen molar-refractivity contribution in [1.82, 2.24) is 39.8 Å². The number of amides is 3. The molecule has 50 heavy (non-hydrogen) atoms. The topological polar surface area (TPSA) is 203 Å². The van der Waals surface area contributed by atoms with Crippen molar-refractivity contribution in [3.05, 3.63) is 41.2 Å². The molecule has 0 spiro atoms. The van der Waals surface area contributed by atoms with Gasteiger partial charge in [-0.25, -0.2) is 9.97 Å². The number of carbonyl (C=O) groups excluding carboxylic acids is 3. The number of aryl methyl sites for hydroxylation is 1. The zero-order chi connectivity index (χ0) is 36.7. The number of nitriles is 2. The molecular weight excluding hydrogens is 658 g/mol. The Hall–Kier alpha value is -5.05. The molecule has 5 heterocycles. The van der Waals surface area contributed by atoms with Gasteiger partial charge in [0.2, 0.25) is 11.8 Å². The van der Waals surface area contributed by atoms with E-state index in [1.165, 1.54) is 0 Å². The van der Waals surface area contributed by atoms with E-state index in [1.54, 1.807) is 32.9 Å². The quantitative estimate of drug-likeness (QED) is 0.278. The number of H-pyrrole nitrogens is 1. The summed E-state index contributed by atoms with van der Waals surface area (Å²) in [5.74, 6) is -0.829. The molecule has 3 aromatic heterocycles. The molecule has 4 N–H and O–H groups in total. The van der Waals surface area contributed by atoms with Crippen LogP contribution in [0.15, 0.2) is 30.6 Å². The summed E-state index contributed by atoms with van der Waals surface area (Å²) in [6, 6.07) is 8.55. The van der Waals surface area contributed by atoms with Gasteiger partial charge in [0.1, 0.15) is 22.9 Å². The Balaban J connectivity index is 0.000000292. The van der Waals surface area contributed by atoms with Crippen molar-refractivity contribution in [2.45, 2.75) is 53.6 Å². The van der Waals surface area contributed by atoms with Crippen LogP contribution < -0.4 is 11.1 Å². The van der Waals surface area contributed by atoms with Crippen molar-refractivity contribution < 1.29 is 14.4 Å². The van der Waals surface area contributed by atoms with Crippen LogP contribution in [0.25, 0.3) is 33.5 Å². The third-order valence-corrected chi connectivity index (χ3v) is 9.26. The van der Waals surface area contributed by atoms with Crippen LogP contribution in [0.3, 0.4) is 0 Å². The molecule has 0 bridgehead atoms. The van der Waals surface area contributed by atoms with Gasteiger partial charge in [0.25, 0.3) is 5.91 Å². The molecule has 3 amide bonds. The lowest BCUT2D eigenvalue weighted by Crippen LogP contribution is -2.60.